The molecule has 28 heavy (non-hydrogen) atoms. The number of hydrogen-bond donors (Lipinski definition) is 1. The molecule has 138 valence electrons. The molecule has 1 aliphatic rings. The van der Waals surface area contributed by atoms with Gasteiger partial charge in [-0.15, -0.1) is 0 Å². The van der Waals surface area contributed by atoms with E-state index in [9.17, 15) is 15.3 Å². The lowest BCUT2D eigenvalue weighted by atomic mass is 9.67. The number of rotatable bonds is 3. The van der Waals surface area contributed by atoms with Crippen LogP contribution < -0.4 is 5.56 Å². The molecule has 0 saturated carbocycles. The summed E-state index contributed by atoms with van der Waals surface area (Å²) in [5.74, 6) is 0.199. The molecule has 0 amide bonds. The Hall–Kier alpha value is -3.37. The van der Waals surface area contributed by atoms with Gasteiger partial charge >= 0.3 is 0 Å². The smallest absolute Gasteiger partial charge is 0.251 e. The second kappa shape index (κ2) is 6.66. The maximum Gasteiger partial charge on any atom is 0.251 e. The molecule has 2 atom stereocenters. The number of aromatic nitrogens is 1. The fourth-order valence-corrected chi connectivity index (χ4v) is 4.60. The second-order valence-corrected chi connectivity index (χ2v) is 7.95. The Balaban J connectivity index is 1.85. The first-order chi connectivity index (χ1) is 13.5. The molecule has 4 heteroatoms. The van der Waals surface area contributed by atoms with Gasteiger partial charge in [0.25, 0.3) is 5.56 Å². The molecule has 2 aromatic carbocycles. The summed E-state index contributed by atoms with van der Waals surface area (Å²) in [5, 5.41) is 19.8. The van der Waals surface area contributed by atoms with Crippen molar-refractivity contribution in [2.45, 2.75) is 44.4 Å². The largest absolute Gasteiger partial charge is 0.322 e. The van der Waals surface area contributed by atoms with Crippen molar-refractivity contribution >= 4 is 10.9 Å². The van der Waals surface area contributed by atoms with Gasteiger partial charge in [0.1, 0.15) is 0 Å². The van der Waals surface area contributed by atoms with Crippen molar-refractivity contribution < 1.29 is 0 Å². The number of pyridine rings is 1. The van der Waals surface area contributed by atoms with Gasteiger partial charge in [-0.1, -0.05) is 25.1 Å². The van der Waals surface area contributed by atoms with Crippen LogP contribution in [0.4, 0.5) is 0 Å². The molecule has 1 aliphatic carbocycles. The summed E-state index contributed by atoms with van der Waals surface area (Å²) >= 11 is 0. The molecule has 4 rings (SSSR count). The molecule has 0 radical (unpaired) electrons. The lowest BCUT2D eigenvalue weighted by Crippen LogP contribution is -2.29. The number of aryl methyl sites for hydroxylation is 2. The normalized spacial score (nSPS) is 17.5. The molecule has 0 saturated heterocycles. The summed E-state index contributed by atoms with van der Waals surface area (Å²) in [6.45, 7) is 3.94. The Morgan fingerprint density at radius 3 is 2.75 bits per heavy atom. The van der Waals surface area contributed by atoms with Gasteiger partial charge in [0.15, 0.2) is 0 Å². The number of benzene rings is 2. The summed E-state index contributed by atoms with van der Waals surface area (Å²) in [6.07, 6.45) is 2.25. The van der Waals surface area contributed by atoms with E-state index < -0.39 is 0 Å². The zero-order valence-electron chi connectivity index (χ0n) is 16.0. The van der Waals surface area contributed by atoms with Crippen LogP contribution in [0.1, 0.15) is 53.5 Å². The highest BCUT2D eigenvalue weighted by Crippen LogP contribution is 2.49. The van der Waals surface area contributed by atoms with E-state index in [1.807, 2.05) is 36.4 Å². The average molecular weight is 367 g/mol. The van der Waals surface area contributed by atoms with Crippen molar-refractivity contribution in [3.8, 4) is 12.1 Å². The quantitative estimate of drug-likeness (QED) is 0.734. The minimum absolute atomic E-state index is 0.0816. The lowest BCUT2D eigenvalue weighted by Gasteiger charge is -2.35. The van der Waals surface area contributed by atoms with E-state index in [1.165, 1.54) is 11.1 Å². The number of nitrogens with one attached hydrogen (secondary N) is 1. The van der Waals surface area contributed by atoms with E-state index >= 15 is 0 Å². The van der Waals surface area contributed by atoms with Crippen molar-refractivity contribution in [1.29, 1.82) is 10.5 Å². The molecule has 0 spiro atoms. The van der Waals surface area contributed by atoms with Crippen LogP contribution in [-0.2, 0) is 11.8 Å². The molecule has 3 aromatic rings. The third kappa shape index (κ3) is 2.79. The SMILES string of the molecule is Cc1cc2ccc([C@@](C)(CC#N)[C@H]3CCc4cc(C#N)ccc43)cc2[nH]c1=O. The summed E-state index contributed by atoms with van der Waals surface area (Å²) in [5.41, 5.74) is 5.22. The van der Waals surface area contributed by atoms with E-state index in [0.29, 0.717) is 17.5 Å². The Bertz CT molecular complexity index is 1230. The van der Waals surface area contributed by atoms with E-state index in [2.05, 4.69) is 30.1 Å². The molecule has 1 N–H and O–H groups in total. The van der Waals surface area contributed by atoms with Gasteiger partial charge in [0.2, 0.25) is 0 Å². The molecule has 1 aromatic heterocycles. The van der Waals surface area contributed by atoms with Gasteiger partial charge in [-0.25, -0.2) is 0 Å². The first-order valence-electron chi connectivity index (χ1n) is 9.50. The molecular formula is C24H21N3O. The van der Waals surface area contributed by atoms with Gasteiger partial charge in [0.05, 0.1) is 17.7 Å². The van der Waals surface area contributed by atoms with Crippen LogP contribution in [0.3, 0.4) is 0 Å². The number of hydrogen-bond acceptors (Lipinski definition) is 3. The van der Waals surface area contributed by atoms with Crippen molar-refractivity contribution in [3.63, 3.8) is 0 Å². The highest BCUT2D eigenvalue weighted by Gasteiger charge is 2.40. The van der Waals surface area contributed by atoms with Crippen LogP contribution >= 0.6 is 0 Å². The van der Waals surface area contributed by atoms with Crippen LogP contribution in [-0.4, -0.2) is 4.98 Å². The molecule has 0 bridgehead atoms. The van der Waals surface area contributed by atoms with Crippen molar-refractivity contribution in [1.82, 2.24) is 4.98 Å². The third-order valence-corrected chi connectivity index (χ3v) is 6.26. The fraction of sp³-hybridized carbons (Fsp3) is 0.292. The standard InChI is InChI=1S/C24H21N3O/c1-15-11-18-4-6-19(13-22(18)27-23(15)28)24(2,9-10-25)21-8-5-17-12-16(14-26)3-7-20(17)21/h3-4,6-7,11-13,21H,5,8-9H2,1-2H3,(H,27,28)/t21-,24+/m0/s1. The van der Waals surface area contributed by atoms with Crippen LogP contribution in [0, 0.1) is 29.6 Å². The average Bonchev–Trinajstić information content (AvgIpc) is 3.12. The Labute approximate surface area is 164 Å². The van der Waals surface area contributed by atoms with Gasteiger partial charge in [-0.2, -0.15) is 10.5 Å². The minimum Gasteiger partial charge on any atom is -0.322 e. The number of nitriles is 2. The van der Waals surface area contributed by atoms with Crippen molar-refractivity contribution in [3.05, 3.63) is 80.6 Å². The number of nitrogens with zero attached hydrogens (tertiary/aromatic N) is 2. The third-order valence-electron chi connectivity index (χ3n) is 6.26. The predicted molar refractivity (Wildman–Crippen MR) is 109 cm³/mol. The molecule has 0 unspecified atom stereocenters. The minimum atomic E-state index is -0.371. The Morgan fingerprint density at radius 1 is 1.18 bits per heavy atom. The maximum atomic E-state index is 12.1. The Morgan fingerprint density at radius 2 is 2.00 bits per heavy atom. The Kier molecular flexibility index (Phi) is 4.28. The van der Waals surface area contributed by atoms with Crippen LogP contribution in [0.25, 0.3) is 10.9 Å². The summed E-state index contributed by atoms with van der Waals surface area (Å²) in [4.78, 5) is 15.0. The van der Waals surface area contributed by atoms with Crippen molar-refractivity contribution in [2.75, 3.05) is 0 Å². The molecule has 0 fully saturated rings. The number of H-pyrrole nitrogens is 1. The van der Waals surface area contributed by atoms with Crippen LogP contribution in [0.15, 0.2) is 47.3 Å². The highest BCUT2D eigenvalue weighted by molar-refractivity contribution is 5.80. The van der Waals surface area contributed by atoms with Crippen molar-refractivity contribution in [2.24, 2.45) is 0 Å². The maximum absolute atomic E-state index is 12.1. The zero-order chi connectivity index (χ0) is 19.9. The molecular weight excluding hydrogens is 346 g/mol. The lowest BCUT2D eigenvalue weighted by molar-refractivity contribution is 0.380. The fourth-order valence-electron chi connectivity index (χ4n) is 4.60. The molecule has 1 heterocycles. The predicted octanol–water partition coefficient (Wildman–Crippen LogP) is 4.61. The van der Waals surface area contributed by atoms with E-state index in [-0.39, 0.29) is 16.9 Å². The van der Waals surface area contributed by atoms with Crippen LogP contribution in [0.5, 0.6) is 0 Å². The monoisotopic (exact) mass is 367 g/mol. The summed E-state index contributed by atoms with van der Waals surface area (Å²) in [6, 6.07) is 18.5. The first-order valence-corrected chi connectivity index (χ1v) is 9.50. The zero-order valence-corrected chi connectivity index (χ0v) is 16.0. The number of aromatic amines is 1. The van der Waals surface area contributed by atoms with Gasteiger partial charge < -0.3 is 4.98 Å². The number of fused-ring (bicyclic) bond motifs is 2. The summed E-state index contributed by atoms with van der Waals surface area (Å²) in [7, 11) is 0. The molecule has 0 aliphatic heterocycles. The second-order valence-electron chi connectivity index (χ2n) is 7.95. The molecule has 4 nitrogen and oxygen atoms in total. The topological polar surface area (TPSA) is 80.4 Å². The van der Waals surface area contributed by atoms with E-state index in [0.717, 1.165) is 29.3 Å². The highest BCUT2D eigenvalue weighted by atomic mass is 16.1. The van der Waals surface area contributed by atoms with Gasteiger partial charge in [0, 0.05) is 22.9 Å². The summed E-state index contributed by atoms with van der Waals surface area (Å²) < 4.78 is 0. The van der Waals surface area contributed by atoms with E-state index in [4.69, 9.17) is 0 Å². The van der Waals surface area contributed by atoms with Gasteiger partial charge in [-0.05, 0) is 72.0 Å². The van der Waals surface area contributed by atoms with Crippen LogP contribution in [0.2, 0.25) is 0 Å². The van der Waals surface area contributed by atoms with E-state index in [1.54, 1.807) is 6.92 Å². The first kappa shape index (κ1) is 18.0. The van der Waals surface area contributed by atoms with Gasteiger partial charge in [-0.3, -0.25) is 4.79 Å².